The first-order chi connectivity index (χ1) is 2.41. The maximum absolute atomic E-state index is 7.00. The molecule has 0 aromatic heterocycles. The first kappa shape index (κ1) is 9.09. The van der Waals surface area contributed by atoms with Crippen molar-refractivity contribution in [3.05, 3.63) is 0 Å². The normalized spacial score (nSPS) is 4.00. The summed E-state index contributed by atoms with van der Waals surface area (Å²) in [5.74, 6) is 4.53. The van der Waals surface area contributed by atoms with Gasteiger partial charge in [-0.2, -0.15) is 0 Å². The van der Waals surface area contributed by atoms with Gasteiger partial charge in [-0.1, -0.05) is 0 Å². The van der Waals surface area contributed by atoms with Crippen LogP contribution in [0.1, 0.15) is 0 Å². The molecule has 0 fully saturated rings. The minimum atomic E-state index is 0.417. The molecule has 0 heterocycles. The minimum Gasteiger partial charge on any atom is -0.400 e. The van der Waals surface area contributed by atoms with E-state index in [1.165, 1.54) is 0 Å². The van der Waals surface area contributed by atoms with Gasteiger partial charge in [0.1, 0.15) is 0 Å². The number of hydrogen-bond donors (Lipinski definition) is 1. The highest BCUT2D eigenvalue weighted by Crippen LogP contribution is 1.36. The standard InChI is InChI=1S/CH4O.2CH3.Al.H/c1-2;;;;/h2H,1H3;2*1H3;;. The average molecular weight is 90.1 g/mol. The van der Waals surface area contributed by atoms with Gasteiger partial charge in [-0.3, -0.25) is 0 Å². The lowest BCUT2D eigenvalue weighted by molar-refractivity contribution is 0.399. The smallest absolute Gasteiger partial charge is 0.229 e. The van der Waals surface area contributed by atoms with E-state index in [0.717, 1.165) is 7.11 Å². The Morgan fingerprint density at radius 1 is 1.20 bits per heavy atom. The van der Waals surface area contributed by atoms with Crippen LogP contribution in [0, 0.1) is 0 Å². The van der Waals surface area contributed by atoms with Crippen LogP contribution in [0.15, 0.2) is 0 Å². The van der Waals surface area contributed by atoms with Crippen LogP contribution in [0.25, 0.3) is 0 Å². The maximum atomic E-state index is 7.00. The fraction of sp³-hybridized carbons (Fsp3) is 1.00. The molecule has 0 aliphatic rings. The summed E-state index contributed by atoms with van der Waals surface area (Å²) in [6.07, 6.45) is 0. The van der Waals surface area contributed by atoms with E-state index < -0.39 is 0 Å². The first-order valence-electron chi connectivity index (χ1n) is 1.86. The fourth-order valence-corrected chi connectivity index (χ4v) is 0. The number of hydrogen-bond acceptors (Lipinski definition) is 1. The zero-order valence-corrected chi connectivity index (χ0v) is 5.57. The summed E-state index contributed by atoms with van der Waals surface area (Å²) in [4.78, 5) is 0. The lowest BCUT2D eigenvalue weighted by Gasteiger charge is -1.36. The molecule has 0 aliphatic heterocycles. The lowest BCUT2D eigenvalue weighted by atomic mass is 11.8. The summed E-state index contributed by atoms with van der Waals surface area (Å²) >= 11 is 0.417. The van der Waals surface area contributed by atoms with Crippen LogP contribution < -0.4 is 0 Å². The van der Waals surface area contributed by atoms with E-state index in [0.29, 0.717) is 15.2 Å². The van der Waals surface area contributed by atoms with Crippen molar-refractivity contribution in [2.45, 2.75) is 11.6 Å². The molecule has 0 amide bonds. The second-order valence-electron chi connectivity index (χ2n) is 0.707. The third-order valence-electron chi connectivity index (χ3n) is 0. The zero-order chi connectivity index (χ0) is 4.71. The van der Waals surface area contributed by atoms with Crippen molar-refractivity contribution in [1.29, 1.82) is 0 Å². The Bertz CT molecular complexity index is 6.85. The summed E-state index contributed by atoms with van der Waals surface area (Å²) in [7, 11) is 1.00. The summed E-state index contributed by atoms with van der Waals surface area (Å²) < 4.78 is 0. The highest BCUT2D eigenvalue weighted by Gasteiger charge is 1.48. The Labute approximate surface area is 39.7 Å². The summed E-state index contributed by atoms with van der Waals surface area (Å²) in [5.41, 5.74) is 0. The highest BCUT2D eigenvalue weighted by molar-refractivity contribution is 6.31. The second-order valence-corrected chi connectivity index (χ2v) is 2.12. The molecule has 0 saturated carbocycles. The molecule has 0 radical (unpaired) electrons. The van der Waals surface area contributed by atoms with Crippen molar-refractivity contribution in [2.75, 3.05) is 7.11 Å². The largest absolute Gasteiger partial charge is 0.400 e. The van der Waals surface area contributed by atoms with Crippen LogP contribution in [-0.4, -0.2) is 27.4 Å². The van der Waals surface area contributed by atoms with Gasteiger partial charge in [-0.15, -0.1) is 11.6 Å². The molecule has 0 aromatic rings. The zero-order valence-electron chi connectivity index (χ0n) is 4.15. The third-order valence-corrected chi connectivity index (χ3v) is 0. The number of aliphatic hydroxyl groups is 1. The van der Waals surface area contributed by atoms with E-state index >= 15 is 0 Å². The molecule has 0 bridgehead atoms. The number of aliphatic hydroxyl groups excluding tert-OH is 1. The van der Waals surface area contributed by atoms with E-state index in [1.54, 1.807) is 0 Å². The Balaban J connectivity index is 0. The Morgan fingerprint density at radius 3 is 1.20 bits per heavy atom. The lowest BCUT2D eigenvalue weighted by Crippen LogP contribution is -1.53. The van der Waals surface area contributed by atoms with Crippen LogP contribution >= 0.6 is 0 Å². The van der Waals surface area contributed by atoms with E-state index in [-0.39, 0.29) is 0 Å². The molecule has 0 aliphatic carbocycles. The van der Waals surface area contributed by atoms with Crippen molar-refractivity contribution in [3.8, 4) is 0 Å². The van der Waals surface area contributed by atoms with Crippen LogP contribution in [0.2, 0.25) is 11.6 Å². The molecule has 0 aromatic carbocycles. The molecule has 0 saturated heterocycles. The van der Waals surface area contributed by atoms with E-state index in [9.17, 15) is 0 Å². The van der Waals surface area contributed by atoms with Gasteiger partial charge in [0, 0.05) is 7.11 Å². The first-order valence-corrected chi connectivity index (χ1v) is 4.69. The molecular formula is C3H11AlO. The Hall–Kier alpha value is 0.492. The minimum absolute atomic E-state index is 0.417. The quantitative estimate of drug-likeness (QED) is 0.419. The van der Waals surface area contributed by atoms with Crippen LogP contribution in [0.3, 0.4) is 0 Å². The van der Waals surface area contributed by atoms with Gasteiger partial charge >= 0.3 is 0 Å². The molecule has 0 atom stereocenters. The Kier molecular flexibility index (Phi) is 44.7. The molecule has 0 rings (SSSR count). The molecule has 5 heavy (non-hydrogen) atoms. The van der Waals surface area contributed by atoms with Crippen LogP contribution in [0.5, 0.6) is 0 Å². The molecule has 2 heteroatoms. The molecule has 1 nitrogen and oxygen atoms in total. The van der Waals surface area contributed by atoms with Gasteiger partial charge in [-0.05, 0) is 0 Å². The van der Waals surface area contributed by atoms with E-state index in [2.05, 4.69) is 11.6 Å². The summed E-state index contributed by atoms with van der Waals surface area (Å²) in [5, 5.41) is 7.00. The van der Waals surface area contributed by atoms with Crippen molar-refractivity contribution >= 4 is 15.2 Å². The van der Waals surface area contributed by atoms with E-state index in [4.69, 9.17) is 5.11 Å². The highest BCUT2D eigenvalue weighted by atomic mass is 27.1. The molecule has 1 N–H and O–H groups in total. The monoisotopic (exact) mass is 90.1 g/mol. The molecule has 32 valence electrons. The van der Waals surface area contributed by atoms with Gasteiger partial charge in [0.05, 0.1) is 0 Å². The van der Waals surface area contributed by atoms with Crippen molar-refractivity contribution in [3.63, 3.8) is 0 Å². The maximum Gasteiger partial charge on any atom is 0.229 e. The van der Waals surface area contributed by atoms with Gasteiger partial charge in [0.15, 0.2) is 0 Å². The summed E-state index contributed by atoms with van der Waals surface area (Å²) in [6.45, 7) is 0. The SMILES string of the molecule is CO.[CH3][AlH][CH3]. The third kappa shape index (κ3) is 115. The molecule has 0 unspecified atom stereocenters. The van der Waals surface area contributed by atoms with Crippen LogP contribution in [-0.2, 0) is 0 Å². The van der Waals surface area contributed by atoms with Crippen molar-refractivity contribution < 1.29 is 5.11 Å². The fourth-order valence-electron chi connectivity index (χ4n) is 0. The second kappa shape index (κ2) is 24.6. The van der Waals surface area contributed by atoms with Gasteiger partial charge < -0.3 is 5.11 Å². The van der Waals surface area contributed by atoms with Crippen LogP contribution in [0.4, 0.5) is 0 Å². The number of rotatable bonds is 0. The predicted molar refractivity (Wildman–Crippen MR) is 27.0 cm³/mol. The van der Waals surface area contributed by atoms with Crippen molar-refractivity contribution in [2.24, 2.45) is 0 Å². The van der Waals surface area contributed by atoms with Gasteiger partial charge in [-0.25, -0.2) is 0 Å². The molecule has 0 spiro atoms. The van der Waals surface area contributed by atoms with Gasteiger partial charge in [0.25, 0.3) is 0 Å². The van der Waals surface area contributed by atoms with Gasteiger partial charge in [0.2, 0.25) is 15.2 Å². The predicted octanol–water partition coefficient (Wildman–Crippen LogP) is 0.128. The topological polar surface area (TPSA) is 20.2 Å². The molecular weight excluding hydrogens is 79.0 g/mol. The van der Waals surface area contributed by atoms with Crippen molar-refractivity contribution in [1.82, 2.24) is 0 Å². The Morgan fingerprint density at radius 2 is 1.20 bits per heavy atom. The van der Waals surface area contributed by atoms with E-state index in [1.807, 2.05) is 0 Å². The summed E-state index contributed by atoms with van der Waals surface area (Å²) in [6, 6.07) is 0. The average Bonchev–Trinajstić information content (AvgIpc) is 1.46.